The maximum Gasteiger partial charge on any atom is 0.0879 e. The van der Waals surface area contributed by atoms with E-state index < -0.39 is 0 Å². The quantitative estimate of drug-likeness (QED) is 0.464. The Bertz CT molecular complexity index is 158. The Hall–Kier alpha value is -0.300. The maximum atomic E-state index is 5.63. The van der Waals surface area contributed by atoms with Gasteiger partial charge in [-0.25, -0.2) is 0 Å². The fourth-order valence-electron chi connectivity index (χ4n) is 2.39. The van der Waals surface area contributed by atoms with Gasteiger partial charge in [-0.15, -0.1) is 6.58 Å². The van der Waals surface area contributed by atoms with E-state index in [2.05, 4.69) is 6.58 Å². The van der Waals surface area contributed by atoms with Crippen LogP contribution >= 0.6 is 0 Å². The Morgan fingerprint density at radius 2 is 2.00 bits per heavy atom. The van der Waals surface area contributed by atoms with Gasteiger partial charge < -0.3 is 4.74 Å². The topological polar surface area (TPSA) is 12.5 Å². The van der Waals surface area contributed by atoms with E-state index in [-0.39, 0.29) is 0 Å². The fourth-order valence-corrected chi connectivity index (χ4v) is 2.39. The van der Waals surface area contributed by atoms with Gasteiger partial charge in [-0.2, -0.15) is 0 Å². The van der Waals surface area contributed by atoms with Crippen molar-refractivity contribution in [2.75, 3.05) is 0 Å². The van der Waals surface area contributed by atoms with Gasteiger partial charge in [0.1, 0.15) is 0 Å². The van der Waals surface area contributed by atoms with Crippen LogP contribution in [-0.2, 0) is 4.74 Å². The number of rotatable bonds is 3. The highest BCUT2D eigenvalue weighted by Gasteiger charge is 2.43. The van der Waals surface area contributed by atoms with Crippen molar-refractivity contribution in [2.24, 2.45) is 5.92 Å². The highest BCUT2D eigenvalue weighted by molar-refractivity contribution is 4.94. The standard InChI is InChI=1S/C11H18O/c1-2-6-10-11(12-10)9-7-4-3-5-8-9/h2,9-11H,1,3-8H2/t10-,11+/m0/s1. The molecule has 2 atom stereocenters. The van der Waals surface area contributed by atoms with Crippen LogP contribution in [0.2, 0.25) is 0 Å². The van der Waals surface area contributed by atoms with Crippen LogP contribution in [0.4, 0.5) is 0 Å². The first kappa shape index (κ1) is 8.31. The van der Waals surface area contributed by atoms with E-state index in [1.807, 2.05) is 6.08 Å². The molecule has 12 heavy (non-hydrogen) atoms. The van der Waals surface area contributed by atoms with Gasteiger partial charge in [-0.05, 0) is 25.2 Å². The molecule has 2 rings (SSSR count). The number of hydrogen-bond donors (Lipinski definition) is 0. The Morgan fingerprint density at radius 3 is 2.67 bits per heavy atom. The summed E-state index contributed by atoms with van der Waals surface area (Å²) in [5.41, 5.74) is 0. The van der Waals surface area contributed by atoms with Gasteiger partial charge in [0.25, 0.3) is 0 Å². The van der Waals surface area contributed by atoms with E-state index in [4.69, 9.17) is 4.74 Å². The van der Waals surface area contributed by atoms with Crippen LogP contribution in [0.15, 0.2) is 12.7 Å². The van der Waals surface area contributed by atoms with Crippen molar-refractivity contribution >= 4 is 0 Å². The minimum absolute atomic E-state index is 0.533. The molecule has 2 aliphatic rings. The van der Waals surface area contributed by atoms with Gasteiger partial charge in [0.15, 0.2) is 0 Å². The molecule has 1 nitrogen and oxygen atoms in total. The minimum Gasteiger partial charge on any atom is -0.369 e. The molecule has 0 N–H and O–H groups in total. The van der Waals surface area contributed by atoms with Crippen LogP contribution in [0.25, 0.3) is 0 Å². The average molecular weight is 166 g/mol. The van der Waals surface area contributed by atoms with Crippen LogP contribution in [0, 0.1) is 5.92 Å². The summed E-state index contributed by atoms with van der Waals surface area (Å²) in [6.45, 7) is 3.74. The van der Waals surface area contributed by atoms with E-state index in [0.717, 1.165) is 12.3 Å². The van der Waals surface area contributed by atoms with Crippen molar-refractivity contribution in [3.63, 3.8) is 0 Å². The molecule has 0 unspecified atom stereocenters. The molecule has 2 fully saturated rings. The van der Waals surface area contributed by atoms with Crippen LogP contribution in [-0.4, -0.2) is 12.2 Å². The zero-order valence-corrected chi connectivity index (χ0v) is 7.67. The molecule has 1 heteroatoms. The minimum atomic E-state index is 0.533. The normalized spacial score (nSPS) is 36.3. The highest BCUT2D eigenvalue weighted by Crippen LogP contribution is 2.39. The lowest BCUT2D eigenvalue weighted by atomic mass is 9.85. The third-order valence-corrected chi connectivity index (χ3v) is 3.14. The number of ether oxygens (including phenoxy) is 1. The zero-order chi connectivity index (χ0) is 8.39. The first-order chi connectivity index (χ1) is 5.92. The summed E-state index contributed by atoms with van der Waals surface area (Å²) in [4.78, 5) is 0. The molecule has 1 saturated carbocycles. The van der Waals surface area contributed by atoms with E-state index in [0.29, 0.717) is 12.2 Å². The molecule has 1 saturated heterocycles. The molecule has 68 valence electrons. The molecule has 0 aromatic rings. The van der Waals surface area contributed by atoms with Gasteiger partial charge in [-0.1, -0.05) is 25.3 Å². The third kappa shape index (κ3) is 1.71. The summed E-state index contributed by atoms with van der Waals surface area (Å²) in [5.74, 6) is 0.878. The summed E-state index contributed by atoms with van der Waals surface area (Å²) >= 11 is 0. The molecule has 0 aromatic carbocycles. The molecule has 0 amide bonds. The predicted octanol–water partition coefficient (Wildman–Crippen LogP) is 2.91. The lowest BCUT2D eigenvalue weighted by Crippen LogP contribution is -2.14. The van der Waals surface area contributed by atoms with Gasteiger partial charge in [0.05, 0.1) is 12.2 Å². The van der Waals surface area contributed by atoms with E-state index >= 15 is 0 Å². The molecule has 0 bridgehead atoms. The van der Waals surface area contributed by atoms with Crippen LogP contribution in [0.5, 0.6) is 0 Å². The van der Waals surface area contributed by atoms with Crippen LogP contribution in [0.3, 0.4) is 0 Å². The van der Waals surface area contributed by atoms with Gasteiger partial charge >= 0.3 is 0 Å². The van der Waals surface area contributed by atoms with Gasteiger partial charge in [-0.3, -0.25) is 0 Å². The first-order valence-corrected chi connectivity index (χ1v) is 5.18. The largest absolute Gasteiger partial charge is 0.369 e. The zero-order valence-electron chi connectivity index (χ0n) is 7.67. The van der Waals surface area contributed by atoms with Crippen molar-refractivity contribution < 1.29 is 4.74 Å². The summed E-state index contributed by atoms with van der Waals surface area (Å²) < 4.78 is 5.63. The Morgan fingerprint density at radius 1 is 1.25 bits per heavy atom. The van der Waals surface area contributed by atoms with E-state index in [1.165, 1.54) is 32.1 Å². The van der Waals surface area contributed by atoms with Gasteiger partial charge in [0.2, 0.25) is 0 Å². The van der Waals surface area contributed by atoms with Gasteiger partial charge in [0, 0.05) is 0 Å². The van der Waals surface area contributed by atoms with Crippen LogP contribution < -0.4 is 0 Å². The summed E-state index contributed by atoms with van der Waals surface area (Å²) in [6.07, 6.45) is 11.3. The second-order valence-corrected chi connectivity index (χ2v) is 4.06. The van der Waals surface area contributed by atoms with Crippen molar-refractivity contribution in [1.82, 2.24) is 0 Å². The van der Waals surface area contributed by atoms with Crippen molar-refractivity contribution in [1.29, 1.82) is 0 Å². The Kier molecular flexibility index (Phi) is 2.50. The second kappa shape index (κ2) is 3.61. The maximum absolute atomic E-state index is 5.63. The Balaban J connectivity index is 1.75. The number of epoxide rings is 1. The van der Waals surface area contributed by atoms with Crippen molar-refractivity contribution in [3.8, 4) is 0 Å². The molecular weight excluding hydrogens is 148 g/mol. The summed E-state index contributed by atoms with van der Waals surface area (Å²) in [6, 6.07) is 0. The van der Waals surface area contributed by atoms with Crippen molar-refractivity contribution in [2.45, 2.75) is 50.7 Å². The SMILES string of the molecule is C=CC[C@@H]1O[C@@H]1C1CCCCC1. The third-order valence-electron chi connectivity index (χ3n) is 3.14. The first-order valence-electron chi connectivity index (χ1n) is 5.18. The summed E-state index contributed by atoms with van der Waals surface area (Å²) in [7, 11) is 0. The molecule has 1 heterocycles. The molecule has 0 aromatic heterocycles. The lowest BCUT2D eigenvalue weighted by Gasteiger charge is -2.19. The van der Waals surface area contributed by atoms with Crippen molar-refractivity contribution in [3.05, 3.63) is 12.7 Å². The average Bonchev–Trinajstić information content (AvgIpc) is 2.87. The molecular formula is C11H18O. The predicted molar refractivity (Wildman–Crippen MR) is 50.1 cm³/mol. The second-order valence-electron chi connectivity index (χ2n) is 4.06. The molecule has 1 aliphatic heterocycles. The molecule has 0 spiro atoms. The van der Waals surface area contributed by atoms with Crippen LogP contribution in [0.1, 0.15) is 38.5 Å². The fraction of sp³-hybridized carbons (Fsp3) is 0.818. The smallest absolute Gasteiger partial charge is 0.0879 e. The number of hydrogen-bond acceptors (Lipinski definition) is 1. The molecule has 0 radical (unpaired) electrons. The highest BCUT2D eigenvalue weighted by atomic mass is 16.6. The molecule has 1 aliphatic carbocycles. The van der Waals surface area contributed by atoms with E-state index in [9.17, 15) is 0 Å². The Labute approximate surface area is 74.8 Å². The monoisotopic (exact) mass is 166 g/mol. The van der Waals surface area contributed by atoms with E-state index in [1.54, 1.807) is 0 Å². The lowest BCUT2D eigenvalue weighted by molar-refractivity contribution is 0.262. The summed E-state index contributed by atoms with van der Waals surface area (Å²) in [5, 5.41) is 0.